The van der Waals surface area contributed by atoms with Crippen LogP contribution in [-0.2, 0) is 0 Å². The molecule has 0 amide bonds. The van der Waals surface area contributed by atoms with Gasteiger partial charge in [0, 0.05) is 5.82 Å². The van der Waals surface area contributed by atoms with Gasteiger partial charge in [-0.15, -0.1) is 0 Å². The highest BCUT2D eigenvalue weighted by Gasteiger charge is 2.27. The van der Waals surface area contributed by atoms with Gasteiger partial charge in [-0.3, -0.25) is 0 Å². The standard InChI is InChI=1S/C6H14BNO2/c1-5-2-6(7(9)10)4-8-3-5/h5-6,8-10H,2-4H2,1H3. The fourth-order valence-electron chi connectivity index (χ4n) is 1.43. The summed E-state index contributed by atoms with van der Waals surface area (Å²) in [5, 5.41) is 20.8. The molecule has 0 aromatic rings. The van der Waals surface area contributed by atoms with Gasteiger partial charge in [0.2, 0.25) is 0 Å². The van der Waals surface area contributed by atoms with E-state index in [1.54, 1.807) is 0 Å². The molecule has 0 saturated carbocycles. The number of hydrogen-bond acceptors (Lipinski definition) is 3. The lowest BCUT2D eigenvalue weighted by Gasteiger charge is -2.26. The molecule has 10 heavy (non-hydrogen) atoms. The van der Waals surface area contributed by atoms with Crippen molar-refractivity contribution in [2.24, 2.45) is 5.92 Å². The van der Waals surface area contributed by atoms with Gasteiger partial charge in [0.05, 0.1) is 0 Å². The molecular formula is C6H14BNO2. The molecule has 1 saturated heterocycles. The van der Waals surface area contributed by atoms with E-state index in [4.69, 9.17) is 10.0 Å². The Hall–Kier alpha value is -0.0551. The monoisotopic (exact) mass is 143 g/mol. The number of nitrogens with one attached hydrogen (secondary N) is 1. The Labute approximate surface area is 61.6 Å². The van der Waals surface area contributed by atoms with Crippen LogP contribution >= 0.6 is 0 Å². The summed E-state index contributed by atoms with van der Waals surface area (Å²) >= 11 is 0. The summed E-state index contributed by atoms with van der Waals surface area (Å²) in [6.45, 7) is 3.85. The maximum absolute atomic E-state index is 8.81. The fraction of sp³-hybridized carbons (Fsp3) is 1.00. The third kappa shape index (κ3) is 1.97. The van der Waals surface area contributed by atoms with E-state index in [0.717, 1.165) is 19.5 Å². The van der Waals surface area contributed by atoms with Crippen LogP contribution in [0.4, 0.5) is 0 Å². The molecule has 0 spiro atoms. The van der Waals surface area contributed by atoms with Crippen molar-refractivity contribution in [3.05, 3.63) is 0 Å². The highest BCUT2D eigenvalue weighted by Crippen LogP contribution is 2.21. The quantitative estimate of drug-likeness (QED) is 0.432. The van der Waals surface area contributed by atoms with Crippen LogP contribution in [0.3, 0.4) is 0 Å². The van der Waals surface area contributed by atoms with Crippen molar-refractivity contribution in [1.82, 2.24) is 5.32 Å². The minimum absolute atomic E-state index is 0.0312. The van der Waals surface area contributed by atoms with Gasteiger partial charge >= 0.3 is 7.12 Å². The van der Waals surface area contributed by atoms with Gasteiger partial charge in [0.15, 0.2) is 0 Å². The second-order valence-electron chi connectivity index (χ2n) is 3.17. The maximum atomic E-state index is 8.81. The summed E-state index contributed by atoms with van der Waals surface area (Å²) in [7, 11) is -1.14. The molecule has 3 N–H and O–H groups in total. The van der Waals surface area contributed by atoms with E-state index in [1.807, 2.05) is 0 Å². The molecule has 2 atom stereocenters. The van der Waals surface area contributed by atoms with E-state index < -0.39 is 7.12 Å². The van der Waals surface area contributed by atoms with Gasteiger partial charge in [-0.25, -0.2) is 0 Å². The van der Waals surface area contributed by atoms with E-state index in [1.165, 1.54) is 0 Å². The topological polar surface area (TPSA) is 52.5 Å². The predicted molar refractivity (Wildman–Crippen MR) is 40.6 cm³/mol. The molecule has 1 aliphatic rings. The van der Waals surface area contributed by atoms with Crippen molar-refractivity contribution in [2.75, 3.05) is 13.1 Å². The first kappa shape index (κ1) is 8.05. The maximum Gasteiger partial charge on any atom is 0.456 e. The highest BCUT2D eigenvalue weighted by molar-refractivity contribution is 6.43. The van der Waals surface area contributed by atoms with Crippen molar-refractivity contribution < 1.29 is 10.0 Å². The van der Waals surface area contributed by atoms with Crippen molar-refractivity contribution in [3.63, 3.8) is 0 Å². The average Bonchev–Trinajstić information content (AvgIpc) is 1.88. The summed E-state index contributed by atoms with van der Waals surface area (Å²) in [4.78, 5) is 0. The van der Waals surface area contributed by atoms with E-state index in [2.05, 4.69) is 12.2 Å². The van der Waals surface area contributed by atoms with Crippen LogP contribution in [0.25, 0.3) is 0 Å². The normalized spacial score (nSPS) is 33.9. The first-order valence-electron chi connectivity index (χ1n) is 3.77. The Morgan fingerprint density at radius 2 is 2.10 bits per heavy atom. The Morgan fingerprint density at radius 1 is 1.40 bits per heavy atom. The van der Waals surface area contributed by atoms with Gasteiger partial charge < -0.3 is 15.4 Å². The molecule has 0 aromatic carbocycles. The molecule has 2 unspecified atom stereocenters. The predicted octanol–water partition coefficient (Wildman–Crippen LogP) is -0.541. The minimum Gasteiger partial charge on any atom is -0.427 e. The molecule has 1 heterocycles. The Bertz CT molecular complexity index is 110. The average molecular weight is 143 g/mol. The summed E-state index contributed by atoms with van der Waals surface area (Å²) in [5.74, 6) is 0.601. The van der Waals surface area contributed by atoms with Crippen LogP contribution in [0.5, 0.6) is 0 Å². The smallest absolute Gasteiger partial charge is 0.427 e. The first-order chi connectivity index (χ1) is 4.70. The molecule has 4 heteroatoms. The summed E-state index contributed by atoms with van der Waals surface area (Å²) in [6, 6.07) is 0. The van der Waals surface area contributed by atoms with Crippen LogP contribution in [0.1, 0.15) is 13.3 Å². The lowest BCUT2D eigenvalue weighted by molar-refractivity contribution is 0.325. The highest BCUT2D eigenvalue weighted by atomic mass is 16.4. The van der Waals surface area contributed by atoms with Crippen molar-refractivity contribution in [1.29, 1.82) is 0 Å². The van der Waals surface area contributed by atoms with Crippen molar-refractivity contribution in [3.8, 4) is 0 Å². The zero-order valence-corrected chi connectivity index (χ0v) is 6.25. The van der Waals surface area contributed by atoms with E-state index in [9.17, 15) is 0 Å². The number of rotatable bonds is 1. The van der Waals surface area contributed by atoms with Gasteiger partial charge in [-0.2, -0.15) is 0 Å². The molecule has 0 bridgehead atoms. The van der Waals surface area contributed by atoms with Gasteiger partial charge in [-0.1, -0.05) is 6.92 Å². The summed E-state index contributed by atoms with van der Waals surface area (Å²) in [5.41, 5.74) is 0. The lowest BCUT2D eigenvalue weighted by atomic mass is 9.67. The number of hydrogen-bond donors (Lipinski definition) is 3. The number of piperidine rings is 1. The zero-order chi connectivity index (χ0) is 7.56. The van der Waals surface area contributed by atoms with Crippen LogP contribution < -0.4 is 5.32 Å². The zero-order valence-electron chi connectivity index (χ0n) is 6.25. The van der Waals surface area contributed by atoms with Crippen LogP contribution in [0.15, 0.2) is 0 Å². The summed E-state index contributed by atoms with van der Waals surface area (Å²) in [6.07, 6.45) is 0.921. The molecule has 0 aromatic heterocycles. The molecule has 3 nitrogen and oxygen atoms in total. The second-order valence-corrected chi connectivity index (χ2v) is 3.17. The summed E-state index contributed by atoms with van der Waals surface area (Å²) < 4.78 is 0. The Morgan fingerprint density at radius 3 is 2.50 bits per heavy atom. The molecule has 1 aliphatic heterocycles. The van der Waals surface area contributed by atoms with Crippen LogP contribution in [-0.4, -0.2) is 30.3 Å². The van der Waals surface area contributed by atoms with Gasteiger partial charge in [0.1, 0.15) is 0 Å². The first-order valence-corrected chi connectivity index (χ1v) is 3.77. The van der Waals surface area contributed by atoms with E-state index in [0.29, 0.717) is 5.92 Å². The molecular weight excluding hydrogens is 129 g/mol. The van der Waals surface area contributed by atoms with E-state index >= 15 is 0 Å². The van der Waals surface area contributed by atoms with Gasteiger partial charge in [-0.05, 0) is 25.4 Å². The van der Waals surface area contributed by atoms with Gasteiger partial charge in [0.25, 0.3) is 0 Å². The Balaban J connectivity index is 2.32. The molecule has 1 rings (SSSR count). The fourth-order valence-corrected chi connectivity index (χ4v) is 1.43. The third-order valence-corrected chi connectivity index (χ3v) is 2.03. The SMILES string of the molecule is CC1CNCC(B(O)O)C1. The van der Waals surface area contributed by atoms with Crippen molar-refractivity contribution in [2.45, 2.75) is 19.2 Å². The second kappa shape index (κ2) is 3.37. The third-order valence-electron chi connectivity index (χ3n) is 2.03. The lowest BCUT2D eigenvalue weighted by Crippen LogP contribution is -2.39. The largest absolute Gasteiger partial charge is 0.456 e. The van der Waals surface area contributed by atoms with Crippen molar-refractivity contribution >= 4 is 7.12 Å². The Kier molecular flexibility index (Phi) is 2.71. The molecule has 0 radical (unpaired) electrons. The molecule has 0 aliphatic carbocycles. The molecule has 58 valence electrons. The molecule has 1 fully saturated rings. The minimum atomic E-state index is -1.14. The van der Waals surface area contributed by atoms with E-state index in [-0.39, 0.29) is 5.82 Å². The van der Waals surface area contributed by atoms with Crippen LogP contribution in [0, 0.1) is 5.92 Å². The van der Waals surface area contributed by atoms with Crippen LogP contribution in [0.2, 0.25) is 5.82 Å².